The molecule has 3 aromatic carbocycles. The molecule has 0 aliphatic carbocycles. The molecule has 0 saturated heterocycles. The fourth-order valence-electron chi connectivity index (χ4n) is 2.90. The number of hydrogen-bond donors (Lipinski definition) is 0. The summed E-state index contributed by atoms with van der Waals surface area (Å²) < 4.78 is 69.4. The van der Waals surface area contributed by atoms with Crippen LogP contribution >= 0.6 is 0 Å². The largest absolute Gasteiger partial charge is 0.206 e. The highest BCUT2D eigenvalue weighted by Crippen LogP contribution is 2.32. The number of halogens is 5. The minimum absolute atomic E-state index is 0.508. The van der Waals surface area contributed by atoms with Crippen molar-refractivity contribution in [3.8, 4) is 11.1 Å². The molecule has 0 atom stereocenters. The van der Waals surface area contributed by atoms with Gasteiger partial charge in [0.15, 0.2) is 23.3 Å². The Morgan fingerprint density at radius 3 is 1.96 bits per heavy atom. The Morgan fingerprint density at radius 2 is 1.36 bits per heavy atom. The minimum Gasteiger partial charge on any atom is -0.206 e. The molecule has 0 radical (unpaired) electrons. The monoisotopic (exact) mass is 388 g/mol. The van der Waals surface area contributed by atoms with E-state index in [2.05, 4.69) is 6.92 Å². The predicted molar refractivity (Wildman–Crippen MR) is 101 cm³/mol. The molecule has 5 heteroatoms. The SMILES string of the molecule is CCCc1ccc(-c2ccc(C(F)=C(F)c3ccc(F)c(F)c3)c(F)c2)cc1. The van der Waals surface area contributed by atoms with Gasteiger partial charge in [-0.1, -0.05) is 43.7 Å². The van der Waals surface area contributed by atoms with Crippen LogP contribution in [0.5, 0.6) is 0 Å². The van der Waals surface area contributed by atoms with Crippen molar-refractivity contribution in [2.75, 3.05) is 0 Å². The van der Waals surface area contributed by atoms with E-state index in [0.717, 1.165) is 42.2 Å². The summed E-state index contributed by atoms with van der Waals surface area (Å²) in [6, 6.07) is 13.4. The molecule has 3 rings (SSSR count). The van der Waals surface area contributed by atoms with Crippen molar-refractivity contribution < 1.29 is 22.0 Å². The predicted octanol–water partition coefficient (Wildman–Crippen LogP) is 7.49. The molecule has 0 bridgehead atoms. The Labute approximate surface area is 160 Å². The van der Waals surface area contributed by atoms with Crippen molar-refractivity contribution in [1.82, 2.24) is 0 Å². The lowest BCUT2D eigenvalue weighted by molar-refractivity contribution is 0.507. The second-order valence-electron chi connectivity index (χ2n) is 6.40. The van der Waals surface area contributed by atoms with Gasteiger partial charge in [0, 0.05) is 11.1 Å². The third-order valence-corrected chi connectivity index (χ3v) is 4.40. The molecule has 0 nitrogen and oxygen atoms in total. The first-order valence-electron chi connectivity index (χ1n) is 8.80. The van der Waals surface area contributed by atoms with Crippen LogP contribution in [0.25, 0.3) is 22.8 Å². The van der Waals surface area contributed by atoms with Gasteiger partial charge >= 0.3 is 0 Å². The summed E-state index contributed by atoms with van der Waals surface area (Å²) in [6.07, 6.45) is 1.95. The summed E-state index contributed by atoms with van der Waals surface area (Å²) >= 11 is 0. The molecule has 0 unspecified atom stereocenters. The molecule has 144 valence electrons. The maximum Gasteiger partial charge on any atom is 0.169 e. The lowest BCUT2D eigenvalue weighted by Gasteiger charge is -2.08. The highest BCUT2D eigenvalue weighted by atomic mass is 19.2. The summed E-state index contributed by atoms with van der Waals surface area (Å²) in [6.45, 7) is 2.07. The fourth-order valence-corrected chi connectivity index (χ4v) is 2.90. The first kappa shape index (κ1) is 19.8. The van der Waals surface area contributed by atoms with E-state index in [9.17, 15) is 22.0 Å². The number of hydrogen-bond acceptors (Lipinski definition) is 0. The van der Waals surface area contributed by atoms with Crippen molar-refractivity contribution >= 4 is 11.7 Å². The number of aryl methyl sites for hydroxylation is 1. The van der Waals surface area contributed by atoms with Gasteiger partial charge in [-0.15, -0.1) is 0 Å². The quantitative estimate of drug-likeness (QED) is 0.314. The van der Waals surface area contributed by atoms with Crippen molar-refractivity contribution in [3.05, 3.63) is 94.8 Å². The van der Waals surface area contributed by atoms with Crippen LogP contribution in [0.1, 0.15) is 30.0 Å². The minimum atomic E-state index is -1.48. The van der Waals surface area contributed by atoms with Gasteiger partial charge in [0.05, 0.1) is 0 Å². The van der Waals surface area contributed by atoms with E-state index in [1.807, 2.05) is 24.3 Å². The van der Waals surface area contributed by atoms with Crippen molar-refractivity contribution in [1.29, 1.82) is 0 Å². The molecule has 0 saturated carbocycles. The summed E-state index contributed by atoms with van der Waals surface area (Å²) in [4.78, 5) is 0. The van der Waals surface area contributed by atoms with Crippen LogP contribution in [-0.4, -0.2) is 0 Å². The molecular weight excluding hydrogens is 371 g/mol. The van der Waals surface area contributed by atoms with Crippen LogP contribution < -0.4 is 0 Å². The van der Waals surface area contributed by atoms with Gasteiger partial charge in [-0.25, -0.2) is 22.0 Å². The molecule has 0 aromatic heterocycles. The van der Waals surface area contributed by atoms with E-state index < -0.39 is 40.2 Å². The normalized spacial score (nSPS) is 12.1. The van der Waals surface area contributed by atoms with Gasteiger partial charge in [-0.05, 0) is 53.4 Å². The molecule has 0 spiro atoms. The Kier molecular flexibility index (Phi) is 5.93. The Balaban J connectivity index is 1.93. The first-order chi connectivity index (χ1) is 13.4. The molecule has 0 N–H and O–H groups in total. The third kappa shape index (κ3) is 4.14. The third-order valence-electron chi connectivity index (χ3n) is 4.40. The number of rotatable bonds is 5. The van der Waals surface area contributed by atoms with E-state index in [0.29, 0.717) is 17.7 Å². The summed E-state index contributed by atoms with van der Waals surface area (Å²) in [5.41, 5.74) is 1.33. The second kappa shape index (κ2) is 8.38. The highest BCUT2D eigenvalue weighted by Gasteiger charge is 2.17. The Morgan fingerprint density at radius 1 is 0.679 bits per heavy atom. The van der Waals surface area contributed by atoms with E-state index in [1.165, 1.54) is 6.07 Å². The number of benzene rings is 3. The van der Waals surface area contributed by atoms with Gasteiger partial charge in [-0.2, -0.15) is 0 Å². The standard InChI is InChI=1S/C23H17F5/c1-2-3-14-4-6-15(7-5-14)16-8-10-18(20(25)12-16)23(28)22(27)17-9-11-19(24)21(26)13-17/h4-13H,2-3H2,1H3. The molecule has 0 aliphatic heterocycles. The van der Waals surface area contributed by atoms with E-state index in [1.54, 1.807) is 0 Å². The summed E-state index contributed by atoms with van der Waals surface area (Å²) in [5.74, 6) is -6.39. The van der Waals surface area contributed by atoms with Gasteiger partial charge < -0.3 is 0 Å². The molecule has 3 aromatic rings. The Hall–Kier alpha value is -2.95. The maximum absolute atomic E-state index is 14.4. The van der Waals surface area contributed by atoms with E-state index in [-0.39, 0.29) is 0 Å². The zero-order valence-electron chi connectivity index (χ0n) is 15.1. The van der Waals surface area contributed by atoms with Gasteiger partial charge in [0.2, 0.25) is 0 Å². The zero-order valence-corrected chi connectivity index (χ0v) is 15.1. The lowest BCUT2D eigenvalue weighted by Crippen LogP contribution is -1.92. The topological polar surface area (TPSA) is 0 Å². The molecular formula is C23H17F5. The van der Waals surface area contributed by atoms with Gasteiger partial charge in [0.25, 0.3) is 0 Å². The molecule has 0 aliphatic rings. The highest BCUT2D eigenvalue weighted by molar-refractivity contribution is 5.84. The molecule has 0 fully saturated rings. The lowest BCUT2D eigenvalue weighted by atomic mass is 10.00. The molecule has 28 heavy (non-hydrogen) atoms. The fraction of sp³-hybridized carbons (Fsp3) is 0.130. The molecule has 0 amide bonds. The second-order valence-corrected chi connectivity index (χ2v) is 6.40. The Bertz CT molecular complexity index is 1020. The van der Waals surface area contributed by atoms with Gasteiger partial charge in [0.1, 0.15) is 5.82 Å². The van der Waals surface area contributed by atoms with E-state index in [4.69, 9.17) is 0 Å². The van der Waals surface area contributed by atoms with Gasteiger partial charge in [-0.3, -0.25) is 0 Å². The summed E-state index contributed by atoms with van der Waals surface area (Å²) in [5, 5.41) is 0. The van der Waals surface area contributed by atoms with Crippen LogP contribution in [-0.2, 0) is 6.42 Å². The van der Waals surface area contributed by atoms with Crippen LogP contribution in [0.3, 0.4) is 0 Å². The smallest absolute Gasteiger partial charge is 0.169 e. The van der Waals surface area contributed by atoms with Crippen molar-refractivity contribution in [3.63, 3.8) is 0 Å². The van der Waals surface area contributed by atoms with Crippen molar-refractivity contribution in [2.45, 2.75) is 19.8 Å². The zero-order chi connectivity index (χ0) is 20.3. The van der Waals surface area contributed by atoms with Crippen LogP contribution in [0.4, 0.5) is 22.0 Å². The first-order valence-corrected chi connectivity index (χ1v) is 8.80. The van der Waals surface area contributed by atoms with Crippen LogP contribution in [0.15, 0.2) is 60.7 Å². The van der Waals surface area contributed by atoms with Crippen LogP contribution in [0, 0.1) is 17.5 Å². The van der Waals surface area contributed by atoms with Crippen molar-refractivity contribution in [2.24, 2.45) is 0 Å². The average molecular weight is 388 g/mol. The molecule has 0 heterocycles. The van der Waals surface area contributed by atoms with Crippen LogP contribution in [0.2, 0.25) is 0 Å². The van der Waals surface area contributed by atoms with E-state index >= 15 is 0 Å². The summed E-state index contributed by atoms with van der Waals surface area (Å²) in [7, 11) is 0. The average Bonchev–Trinajstić information content (AvgIpc) is 2.70. The maximum atomic E-state index is 14.4.